The molecule has 132 valence electrons. The number of rotatable bonds is 6. The quantitative estimate of drug-likeness (QED) is 0.518. The summed E-state index contributed by atoms with van der Waals surface area (Å²) in [6, 6.07) is 26.2. The van der Waals surface area contributed by atoms with Crippen LogP contribution in [0.4, 0.5) is 5.69 Å². The van der Waals surface area contributed by atoms with Gasteiger partial charge in [-0.05, 0) is 53.4 Å². The molecular weight excluding hydrogens is 338 g/mol. The molecule has 0 atom stereocenters. The Kier molecular flexibility index (Phi) is 6.13. The maximum absolute atomic E-state index is 12.4. The number of hydrogen-bond acceptors (Lipinski definition) is 2. The molecule has 0 aliphatic heterocycles. The molecule has 0 heterocycles. The second-order valence-corrected chi connectivity index (χ2v) is 7.58. The Balaban J connectivity index is 1.58. The van der Waals surface area contributed by atoms with Crippen molar-refractivity contribution in [3.05, 3.63) is 95.6 Å². The van der Waals surface area contributed by atoms with Gasteiger partial charge in [-0.3, -0.25) is 4.79 Å². The van der Waals surface area contributed by atoms with Crippen molar-refractivity contribution in [3.8, 4) is 0 Å². The maximum atomic E-state index is 12.4. The van der Waals surface area contributed by atoms with Crippen LogP contribution in [0.1, 0.15) is 41.3 Å². The highest BCUT2D eigenvalue weighted by Gasteiger charge is 2.07. The predicted molar refractivity (Wildman–Crippen MR) is 111 cm³/mol. The third kappa shape index (κ3) is 4.99. The zero-order chi connectivity index (χ0) is 18.4. The minimum atomic E-state index is -0.0791. The molecule has 2 nitrogen and oxygen atoms in total. The molecule has 0 unspecified atom stereocenters. The van der Waals surface area contributed by atoms with E-state index in [4.69, 9.17) is 0 Å². The number of amides is 1. The van der Waals surface area contributed by atoms with Gasteiger partial charge in [0.15, 0.2) is 0 Å². The zero-order valence-corrected chi connectivity index (χ0v) is 15.9. The highest BCUT2D eigenvalue weighted by atomic mass is 32.2. The van der Waals surface area contributed by atoms with Crippen LogP contribution >= 0.6 is 11.8 Å². The molecular formula is C23H23NOS. The lowest BCUT2D eigenvalue weighted by atomic mass is 10.0. The fraction of sp³-hybridized carbons (Fsp3) is 0.174. The van der Waals surface area contributed by atoms with Crippen molar-refractivity contribution in [2.24, 2.45) is 0 Å². The first-order valence-electron chi connectivity index (χ1n) is 8.80. The molecule has 0 radical (unpaired) electrons. The van der Waals surface area contributed by atoms with E-state index in [1.807, 2.05) is 54.6 Å². The van der Waals surface area contributed by atoms with Gasteiger partial charge in [-0.15, -0.1) is 11.8 Å². The van der Waals surface area contributed by atoms with Gasteiger partial charge in [0.05, 0.1) is 0 Å². The topological polar surface area (TPSA) is 29.1 Å². The van der Waals surface area contributed by atoms with Gasteiger partial charge in [-0.2, -0.15) is 0 Å². The molecule has 0 aliphatic rings. The minimum Gasteiger partial charge on any atom is -0.322 e. The maximum Gasteiger partial charge on any atom is 0.255 e. The Labute approximate surface area is 159 Å². The summed E-state index contributed by atoms with van der Waals surface area (Å²) in [6.07, 6.45) is 0. The summed E-state index contributed by atoms with van der Waals surface area (Å²) >= 11 is 1.79. The third-order valence-corrected chi connectivity index (χ3v) is 5.28. The molecule has 0 saturated carbocycles. The molecule has 3 heteroatoms. The molecule has 26 heavy (non-hydrogen) atoms. The first kappa shape index (κ1) is 18.3. The summed E-state index contributed by atoms with van der Waals surface area (Å²) in [5, 5.41) is 2.96. The van der Waals surface area contributed by atoms with E-state index < -0.39 is 0 Å². The first-order valence-corrected chi connectivity index (χ1v) is 9.78. The molecule has 3 rings (SSSR count). The zero-order valence-electron chi connectivity index (χ0n) is 15.1. The van der Waals surface area contributed by atoms with Crippen molar-refractivity contribution < 1.29 is 4.79 Å². The standard InChI is InChI=1S/C23H23NOS/c1-17(2)19-12-14-21(15-13-19)24-23(25)20-10-8-18(9-11-20)16-26-22-6-4-3-5-7-22/h3-15,17H,16H2,1-2H3,(H,24,25). The molecule has 0 saturated heterocycles. The predicted octanol–water partition coefficient (Wildman–Crippen LogP) is 6.35. The van der Waals surface area contributed by atoms with Crippen LogP contribution < -0.4 is 5.32 Å². The highest BCUT2D eigenvalue weighted by molar-refractivity contribution is 7.98. The van der Waals surface area contributed by atoms with E-state index in [0.29, 0.717) is 11.5 Å². The Bertz CT molecular complexity index is 840. The molecule has 1 amide bonds. The lowest BCUT2D eigenvalue weighted by Gasteiger charge is -2.09. The van der Waals surface area contributed by atoms with E-state index in [1.165, 1.54) is 16.0 Å². The number of carbonyl (C=O) groups is 1. The fourth-order valence-electron chi connectivity index (χ4n) is 2.59. The van der Waals surface area contributed by atoms with E-state index >= 15 is 0 Å². The third-order valence-electron chi connectivity index (χ3n) is 4.20. The van der Waals surface area contributed by atoms with Gasteiger partial charge in [-0.25, -0.2) is 0 Å². The van der Waals surface area contributed by atoms with Crippen molar-refractivity contribution in [2.75, 3.05) is 5.32 Å². The average molecular weight is 362 g/mol. The Hall–Kier alpha value is -2.52. The molecule has 0 spiro atoms. The van der Waals surface area contributed by atoms with Gasteiger partial charge in [0.1, 0.15) is 0 Å². The number of carbonyl (C=O) groups excluding carboxylic acids is 1. The van der Waals surface area contributed by atoms with E-state index in [-0.39, 0.29) is 5.91 Å². The number of thioether (sulfide) groups is 1. The average Bonchev–Trinajstić information content (AvgIpc) is 2.68. The fourth-order valence-corrected chi connectivity index (χ4v) is 3.47. The summed E-state index contributed by atoms with van der Waals surface area (Å²) < 4.78 is 0. The number of nitrogens with one attached hydrogen (secondary N) is 1. The lowest BCUT2D eigenvalue weighted by molar-refractivity contribution is 0.102. The van der Waals surface area contributed by atoms with Gasteiger partial charge >= 0.3 is 0 Å². The van der Waals surface area contributed by atoms with Crippen LogP contribution in [-0.2, 0) is 5.75 Å². The highest BCUT2D eigenvalue weighted by Crippen LogP contribution is 2.23. The second-order valence-electron chi connectivity index (χ2n) is 6.53. The molecule has 3 aromatic carbocycles. The van der Waals surface area contributed by atoms with Crippen LogP contribution in [0.2, 0.25) is 0 Å². The van der Waals surface area contributed by atoms with Crippen LogP contribution in [0.5, 0.6) is 0 Å². The van der Waals surface area contributed by atoms with Crippen molar-refractivity contribution >= 4 is 23.4 Å². The molecule has 0 bridgehead atoms. The van der Waals surface area contributed by atoms with Gasteiger partial charge in [-0.1, -0.05) is 56.3 Å². The van der Waals surface area contributed by atoms with Crippen LogP contribution in [-0.4, -0.2) is 5.91 Å². The normalized spacial score (nSPS) is 10.7. The van der Waals surface area contributed by atoms with Gasteiger partial charge < -0.3 is 5.32 Å². The molecule has 0 aliphatic carbocycles. The van der Waals surface area contributed by atoms with Crippen molar-refractivity contribution in [3.63, 3.8) is 0 Å². The first-order chi connectivity index (χ1) is 12.6. The smallest absolute Gasteiger partial charge is 0.255 e. The molecule has 3 aromatic rings. The Morgan fingerprint density at radius 1 is 0.885 bits per heavy atom. The molecule has 1 N–H and O–H groups in total. The second kappa shape index (κ2) is 8.72. The van der Waals surface area contributed by atoms with Gasteiger partial charge in [0.2, 0.25) is 0 Å². The van der Waals surface area contributed by atoms with Crippen LogP contribution in [0.3, 0.4) is 0 Å². The number of hydrogen-bond donors (Lipinski definition) is 1. The van der Waals surface area contributed by atoms with Crippen LogP contribution in [0.15, 0.2) is 83.8 Å². The van der Waals surface area contributed by atoms with Crippen molar-refractivity contribution in [1.82, 2.24) is 0 Å². The van der Waals surface area contributed by atoms with Crippen molar-refractivity contribution in [2.45, 2.75) is 30.4 Å². The van der Waals surface area contributed by atoms with Gasteiger partial charge in [0.25, 0.3) is 5.91 Å². The monoisotopic (exact) mass is 361 g/mol. The summed E-state index contributed by atoms with van der Waals surface area (Å²) in [5.41, 5.74) is 3.97. The summed E-state index contributed by atoms with van der Waals surface area (Å²) in [6.45, 7) is 4.32. The lowest BCUT2D eigenvalue weighted by Crippen LogP contribution is -2.11. The molecule has 0 aromatic heterocycles. The largest absolute Gasteiger partial charge is 0.322 e. The van der Waals surface area contributed by atoms with E-state index in [1.54, 1.807) is 11.8 Å². The SMILES string of the molecule is CC(C)c1ccc(NC(=O)c2ccc(CSc3ccccc3)cc2)cc1. The summed E-state index contributed by atoms with van der Waals surface area (Å²) in [5.74, 6) is 1.30. The summed E-state index contributed by atoms with van der Waals surface area (Å²) in [4.78, 5) is 13.7. The van der Waals surface area contributed by atoms with Crippen LogP contribution in [0, 0.1) is 0 Å². The van der Waals surface area contributed by atoms with E-state index in [9.17, 15) is 4.79 Å². The van der Waals surface area contributed by atoms with Crippen molar-refractivity contribution in [1.29, 1.82) is 0 Å². The molecule has 0 fully saturated rings. The number of benzene rings is 3. The van der Waals surface area contributed by atoms with Gasteiger partial charge in [0, 0.05) is 21.9 Å². The Morgan fingerprint density at radius 3 is 2.15 bits per heavy atom. The minimum absolute atomic E-state index is 0.0791. The van der Waals surface area contributed by atoms with E-state index in [0.717, 1.165) is 11.4 Å². The van der Waals surface area contributed by atoms with Crippen LogP contribution in [0.25, 0.3) is 0 Å². The summed E-state index contributed by atoms with van der Waals surface area (Å²) in [7, 11) is 0. The van der Waals surface area contributed by atoms with E-state index in [2.05, 4.69) is 43.4 Å². The Morgan fingerprint density at radius 2 is 1.54 bits per heavy atom. The number of anilines is 1.